The molecule has 2 N–H and O–H groups in total. The van der Waals surface area contributed by atoms with Gasteiger partial charge in [-0.05, 0) is 44.2 Å². The van der Waals surface area contributed by atoms with Crippen molar-refractivity contribution in [3.63, 3.8) is 0 Å². The maximum absolute atomic E-state index is 13.0. The first-order valence-electron chi connectivity index (χ1n) is 9.33. The number of carbonyl (C=O) groups excluding carboxylic acids is 1. The van der Waals surface area contributed by atoms with Gasteiger partial charge < -0.3 is 10.4 Å². The monoisotopic (exact) mass is 402 g/mol. The first-order chi connectivity index (χ1) is 13.2. The number of nitrogens with zero attached hydrogens (tertiary/aromatic N) is 1. The number of sulfone groups is 1. The average molecular weight is 402 g/mol. The van der Waals surface area contributed by atoms with E-state index in [9.17, 15) is 18.0 Å². The number of aliphatic carboxylic acids is 1. The number of benzene rings is 1. The highest BCUT2D eigenvalue weighted by Gasteiger charge is 2.58. The second kappa shape index (κ2) is 6.55. The minimum absolute atomic E-state index is 0.0274. The van der Waals surface area contributed by atoms with Crippen LogP contribution in [0.4, 0.5) is 0 Å². The molecule has 1 aliphatic heterocycles. The summed E-state index contributed by atoms with van der Waals surface area (Å²) in [7, 11) is -3.35. The van der Waals surface area contributed by atoms with Gasteiger partial charge >= 0.3 is 5.97 Å². The first-order valence-corrected chi connectivity index (χ1v) is 11.0. The Morgan fingerprint density at radius 2 is 1.93 bits per heavy atom. The van der Waals surface area contributed by atoms with E-state index in [2.05, 4.69) is 10.3 Å². The zero-order chi connectivity index (χ0) is 20.1. The number of aromatic nitrogens is 1. The van der Waals surface area contributed by atoms with Crippen molar-refractivity contribution in [3.05, 3.63) is 41.6 Å². The predicted octanol–water partition coefficient (Wildman–Crippen LogP) is 2.08. The molecule has 8 heteroatoms. The third kappa shape index (κ3) is 2.96. The molecule has 1 unspecified atom stereocenters. The predicted molar refractivity (Wildman–Crippen MR) is 104 cm³/mol. The maximum atomic E-state index is 13.0. The fourth-order valence-electron chi connectivity index (χ4n) is 4.55. The highest BCUT2D eigenvalue weighted by Crippen LogP contribution is 2.50. The number of rotatable bonds is 3. The number of amides is 1. The van der Waals surface area contributed by atoms with E-state index in [0.717, 1.165) is 16.5 Å². The minimum atomic E-state index is -3.35. The molecule has 0 bridgehead atoms. The molecule has 1 spiro atoms. The van der Waals surface area contributed by atoms with Crippen LogP contribution in [0.25, 0.3) is 10.9 Å². The second-order valence-corrected chi connectivity index (χ2v) is 10.4. The number of hydrogen-bond acceptors (Lipinski definition) is 5. The number of nitrogens with one attached hydrogen (secondary N) is 1. The van der Waals surface area contributed by atoms with Gasteiger partial charge in [0.15, 0.2) is 9.84 Å². The van der Waals surface area contributed by atoms with Crippen molar-refractivity contribution < 1.29 is 23.1 Å². The van der Waals surface area contributed by atoms with Crippen LogP contribution in [0.1, 0.15) is 41.6 Å². The Hall–Kier alpha value is -2.48. The lowest BCUT2D eigenvalue weighted by molar-refractivity contribution is -0.145. The third-order valence-corrected chi connectivity index (χ3v) is 8.72. The van der Waals surface area contributed by atoms with Gasteiger partial charge in [0, 0.05) is 17.6 Å². The van der Waals surface area contributed by atoms with Crippen molar-refractivity contribution in [1.82, 2.24) is 10.3 Å². The average Bonchev–Trinajstić information content (AvgIpc) is 2.60. The third-order valence-electron chi connectivity index (χ3n) is 6.13. The van der Waals surface area contributed by atoms with Crippen LogP contribution in [0.2, 0.25) is 0 Å². The summed E-state index contributed by atoms with van der Waals surface area (Å²) in [6.07, 6.45) is 2.54. The van der Waals surface area contributed by atoms with Gasteiger partial charge in [-0.3, -0.25) is 14.6 Å². The summed E-state index contributed by atoms with van der Waals surface area (Å²) >= 11 is 0. The van der Waals surface area contributed by atoms with Crippen molar-refractivity contribution in [3.8, 4) is 0 Å². The van der Waals surface area contributed by atoms with Crippen molar-refractivity contribution >= 4 is 32.6 Å². The Bertz CT molecular complexity index is 1070. The molecule has 0 radical (unpaired) electrons. The van der Waals surface area contributed by atoms with E-state index in [-0.39, 0.29) is 37.0 Å². The van der Waals surface area contributed by atoms with Gasteiger partial charge in [0.05, 0.1) is 27.5 Å². The second-order valence-electron chi connectivity index (χ2n) is 7.94. The smallest absolute Gasteiger partial charge is 0.306 e. The molecule has 1 amide bonds. The Morgan fingerprint density at radius 3 is 2.64 bits per heavy atom. The van der Waals surface area contributed by atoms with Crippen LogP contribution >= 0.6 is 0 Å². The SMILES string of the molecule is Cc1cnc2ccccc2c1C(=O)NC1CCS(=O)(=O)C2(C1)CC(C(=O)O)C2. The summed E-state index contributed by atoms with van der Waals surface area (Å²) in [4.78, 5) is 28.5. The fraction of sp³-hybridized carbons (Fsp3) is 0.450. The Kier molecular flexibility index (Phi) is 4.41. The van der Waals surface area contributed by atoms with Crippen molar-refractivity contribution in [2.45, 2.75) is 43.4 Å². The zero-order valence-electron chi connectivity index (χ0n) is 15.5. The Balaban J connectivity index is 1.57. The number of pyridine rings is 1. The van der Waals surface area contributed by atoms with Gasteiger partial charge in [-0.2, -0.15) is 0 Å². The Labute approximate surface area is 163 Å². The quantitative estimate of drug-likeness (QED) is 0.813. The van der Waals surface area contributed by atoms with E-state index in [1.165, 1.54) is 0 Å². The molecule has 1 aromatic carbocycles. The lowest BCUT2D eigenvalue weighted by Gasteiger charge is -2.49. The van der Waals surface area contributed by atoms with Gasteiger partial charge in [-0.1, -0.05) is 18.2 Å². The summed E-state index contributed by atoms with van der Waals surface area (Å²) < 4.78 is 24.1. The summed E-state index contributed by atoms with van der Waals surface area (Å²) in [5, 5.41) is 12.9. The normalized spacial score (nSPS) is 28.6. The largest absolute Gasteiger partial charge is 0.481 e. The van der Waals surface area contributed by atoms with Crippen LogP contribution in [-0.4, -0.2) is 46.9 Å². The summed E-state index contributed by atoms with van der Waals surface area (Å²) in [6.45, 7) is 1.82. The van der Waals surface area contributed by atoms with Gasteiger partial charge in [0.25, 0.3) is 5.91 Å². The van der Waals surface area contributed by atoms with Crippen LogP contribution in [0.5, 0.6) is 0 Å². The molecule has 1 saturated carbocycles. The molecule has 1 saturated heterocycles. The number of carbonyl (C=O) groups is 2. The molecule has 1 atom stereocenters. The highest BCUT2D eigenvalue weighted by atomic mass is 32.2. The zero-order valence-corrected chi connectivity index (χ0v) is 16.3. The van der Waals surface area contributed by atoms with Gasteiger partial charge in [-0.15, -0.1) is 0 Å². The van der Waals surface area contributed by atoms with Crippen molar-refractivity contribution in [2.75, 3.05) is 5.75 Å². The van der Waals surface area contributed by atoms with Gasteiger partial charge in [0.2, 0.25) is 0 Å². The van der Waals surface area contributed by atoms with E-state index in [4.69, 9.17) is 5.11 Å². The maximum Gasteiger partial charge on any atom is 0.306 e. The van der Waals surface area contributed by atoms with E-state index < -0.39 is 26.5 Å². The van der Waals surface area contributed by atoms with Crippen LogP contribution in [0.3, 0.4) is 0 Å². The highest BCUT2D eigenvalue weighted by molar-refractivity contribution is 7.92. The lowest BCUT2D eigenvalue weighted by Crippen LogP contribution is -2.60. The van der Waals surface area contributed by atoms with E-state index >= 15 is 0 Å². The molecule has 2 aromatic rings. The molecule has 148 valence electrons. The summed E-state index contributed by atoms with van der Waals surface area (Å²) in [6, 6.07) is 7.10. The molecular formula is C20H22N2O5S. The van der Waals surface area contributed by atoms with E-state index in [0.29, 0.717) is 12.0 Å². The molecule has 28 heavy (non-hydrogen) atoms. The standard InChI is InChI=1S/C20H22N2O5S/c1-12-11-21-16-5-3-2-4-15(16)17(12)18(23)22-14-6-7-28(26,27)20(10-14)8-13(9-20)19(24)25/h2-5,11,13-14H,6-10H2,1H3,(H,22,23)(H,24,25). The molecule has 1 aromatic heterocycles. The molecular weight excluding hydrogens is 380 g/mol. The number of carboxylic acids is 1. The molecule has 2 fully saturated rings. The summed E-state index contributed by atoms with van der Waals surface area (Å²) in [5.41, 5.74) is 2.03. The molecule has 7 nitrogen and oxygen atoms in total. The molecule has 2 aliphatic rings. The van der Waals surface area contributed by atoms with E-state index in [1.807, 2.05) is 31.2 Å². The number of aryl methyl sites for hydroxylation is 1. The van der Waals surface area contributed by atoms with Crippen molar-refractivity contribution in [2.24, 2.45) is 5.92 Å². The van der Waals surface area contributed by atoms with Gasteiger partial charge in [0.1, 0.15) is 0 Å². The van der Waals surface area contributed by atoms with Crippen LogP contribution in [0, 0.1) is 12.8 Å². The topological polar surface area (TPSA) is 113 Å². The molecule has 1 aliphatic carbocycles. The fourth-order valence-corrected chi connectivity index (χ4v) is 6.94. The lowest BCUT2D eigenvalue weighted by atomic mass is 9.70. The van der Waals surface area contributed by atoms with Gasteiger partial charge in [-0.25, -0.2) is 8.42 Å². The van der Waals surface area contributed by atoms with Crippen LogP contribution in [-0.2, 0) is 14.6 Å². The number of hydrogen-bond donors (Lipinski definition) is 2. The summed E-state index contributed by atoms with van der Waals surface area (Å²) in [5.74, 6) is -1.84. The first kappa shape index (κ1) is 18.9. The minimum Gasteiger partial charge on any atom is -0.481 e. The molecule has 2 heterocycles. The van der Waals surface area contributed by atoms with E-state index in [1.54, 1.807) is 6.20 Å². The Morgan fingerprint density at radius 1 is 1.21 bits per heavy atom. The number of carboxylic acid groups (broad SMARTS) is 1. The number of para-hydroxylation sites is 1. The van der Waals surface area contributed by atoms with Crippen molar-refractivity contribution in [1.29, 1.82) is 0 Å². The molecule has 4 rings (SSSR count). The number of fused-ring (bicyclic) bond motifs is 1. The van der Waals surface area contributed by atoms with Crippen LogP contribution < -0.4 is 5.32 Å². The van der Waals surface area contributed by atoms with Crippen LogP contribution in [0.15, 0.2) is 30.5 Å².